The zero-order valence-electron chi connectivity index (χ0n) is 10.8. The lowest BCUT2D eigenvalue weighted by Crippen LogP contribution is -2.02. The van der Waals surface area contributed by atoms with Crippen LogP contribution in [-0.2, 0) is 6.42 Å². The maximum Gasteiger partial charge on any atom is 0.138 e. The lowest BCUT2D eigenvalue weighted by molar-refractivity contribution is 0.621. The molecule has 3 rings (SSSR count). The number of aromatic nitrogens is 2. The van der Waals surface area contributed by atoms with Gasteiger partial charge in [0.15, 0.2) is 0 Å². The van der Waals surface area contributed by atoms with E-state index in [9.17, 15) is 4.39 Å². The molecule has 0 bridgehead atoms. The van der Waals surface area contributed by atoms with Gasteiger partial charge in [0, 0.05) is 27.6 Å². The Morgan fingerprint density at radius 2 is 1.86 bits per heavy atom. The molecule has 0 fully saturated rings. The van der Waals surface area contributed by atoms with E-state index in [0.717, 1.165) is 26.1 Å². The van der Waals surface area contributed by atoms with Crippen molar-refractivity contribution in [2.45, 2.75) is 6.42 Å². The van der Waals surface area contributed by atoms with Crippen LogP contribution < -0.4 is 0 Å². The lowest BCUT2D eigenvalue weighted by atomic mass is 10.2. The molecule has 1 aromatic heterocycles. The van der Waals surface area contributed by atoms with Crippen molar-refractivity contribution in [3.63, 3.8) is 0 Å². The summed E-state index contributed by atoms with van der Waals surface area (Å²) >= 11 is 10.1. The van der Waals surface area contributed by atoms with Gasteiger partial charge in [-0.3, -0.25) is 4.57 Å². The molecule has 2 aromatic carbocycles. The summed E-state index contributed by atoms with van der Waals surface area (Å²) < 4.78 is 17.6. The Hall–Kier alpha value is -0.410. The van der Waals surface area contributed by atoms with Gasteiger partial charge < -0.3 is 0 Å². The Morgan fingerprint density at radius 3 is 2.52 bits per heavy atom. The quantitative estimate of drug-likeness (QED) is 0.341. The van der Waals surface area contributed by atoms with Crippen molar-refractivity contribution in [3.8, 4) is 5.69 Å². The minimum Gasteiger partial charge on any atom is -0.296 e. The summed E-state index contributed by atoms with van der Waals surface area (Å²) in [6.45, 7) is 0. The number of fused-ring (bicyclic) bond motifs is 1. The first-order valence-corrected chi connectivity index (χ1v) is 8.97. The largest absolute Gasteiger partial charge is 0.296 e. The third kappa shape index (κ3) is 3.05. The van der Waals surface area contributed by atoms with Crippen LogP contribution in [0.4, 0.5) is 4.39 Å². The Labute approximate surface area is 154 Å². The summed E-state index contributed by atoms with van der Waals surface area (Å²) in [6, 6.07) is 11.4. The topological polar surface area (TPSA) is 17.8 Å². The maximum absolute atomic E-state index is 13.9. The van der Waals surface area contributed by atoms with E-state index in [1.165, 1.54) is 0 Å². The highest BCUT2D eigenvalue weighted by Gasteiger charge is 2.14. The predicted octanol–water partition coefficient (Wildman–Crippen LogP) is 5.16. The van der Waals surface area contributed by atoms with Gasteiger partial charge in [0.1, 0.15) is 11.6 Å². The third-order valence-electron chi connectivity index (χ3n) is 3.17. The van der Waals surface area contributed by atoms with Crippen molar-refractivity contribution in [1.82, 2.24) is 9.55 Å². The molecule has 0 saturated carbocycles. The fourth-order valence-corrected chi connectivity index (χ4v) is 3.23. The van der Waals surface area contributed by atoms with Crippen molar-refractivity contribution >= 4 is 67.8 Å². The summed E-state index contributed by atoms with van der Waals surface area (Å²) in [7, 11) is 0. The molecule has 0 N–H and O–H groups in total. The molecule has 21 heavy (non-hydrogen) atoms. The van der Waals surface area contributed by atoms with Crippen LogP contribution in [0.2, 0.25) is 0 Å². The van der Waals surface area contributed by atoms with Crippen LogP contribution in [0, 0.1) is 13.0 Å². The molecule has 0 aliphatic carbocycles. The first kappa shape index (κ1) is 15.5. The number of hydrogen-bond acceptors (Lipinski definition) is 1. The normalized spacial score (nSPS) is 11.2. The SMILES string of the molecule is Fc1cc2c(cc1I)nc(CCCl)n2-c1ccc(I)cc1. The molecular weight excluding hydrogens is 516 g/mol. The standard InChI is InChI=1S/C15H10ClFI2N2/c16-6-5-15-20-13-8-12(19)11(17)7-14(13)21(15)10-3-1-9(18)2-4-10/h1-4,7-8H,5-6H2. The summed E-state index contributed by atoms with van der Waals surface area (Å²) in [6.07, 6.45) is 0.639. The fraction of sp³-hybridized carbons (Fsp3) is 0.133. The molecular formula is C15H10ClFI2N2. The van der Waals surface area contributed by atoms with Crippen LogP contribution in [0.25, 0.3) is 16.7 Å². The number of imidazole rings is 1. The van der Waals surface area contributed by atoms with Crippen LogP contribution in [0.3, 0.4) is 0 Å². The maximum atomic E-state index is 13.9. The number of halogens is 4. The van der Waals surface area contributed by atoms with Crippen LogP contribution >= 0.6 is 56.8 Å². The molecule has 0 saturated heterocycles. The Morgan fingerprint density at radius 1 is 1.14 bits per heavy atom. The number of nitrogens with zero attached hydrogens (tertiary/aromatic N) is 2. The molecule has 0 amide bonds. The minimum atomic E-state index is -0.229. The van der Waals surface area contributed by atoms with E-state index in [-0.39, 0.29) is 5.82 Å². The molecule has 108 valence electrons. The smallest absolute Gasteiger partial charge is 0.138 e. The Balaban J connectivity index is 2.29. The molecule has 0 unspecified atom stereocenters. The molecule has 0 radical (unpaired) electrons. The van der Waals surface area contributed by atoms with Gasteiger partial charge in [-0.05, 0) is 75.5 Å². The monoisotopic (exact) mass is 526 g/mol. The van der Waals surface area contributed by atoms with Crippen LogP contribution in [0.15, 0.2) is 36.4 Å². The number of hydrogen-bond donors (Lipinski definition) is 0. The lowest BCUT2D eigenvalue weighted by Gasteiger charge is -2.09. The summed E-state index contributed by atoms with van der Waals surface area (Å²) in [5.41, 5.74) is 2.53. The van der Waals surface area contributed by atoms with Gasteiger partial charge in [-0.2, -0.15) is 0 Å². The highest BCUT2D eigenvalue weighted by atomic mass is 127. The van der Waals surface area contributed by atoms with Gasteiger partial charge in [-0.25, -0.2) is 9.37 Å². The summed E-state index contributed by atoms with van der Waals surface area (Å²) in [4.78, 5) is 4.61. The first-order valence-electron chi connectivity index (χ1n) is 6.28. The number of rotatable bonds is 3. The van der Waals surface area contributed by atoms with Gasteiger partial charge in [-0.15, -0.1) is 11.6 Å². The van der Waals surface area contributed by atoms with Gasteiger partial charge in [0.05, 0.1) is 14.6 Å². The van der Waals surface area contributed by atoms with E-state index >= 15 is 0 Å². The van der Waals surface area contributed by atoms with Gasteiger partial charge >= 0.3 is 0 Å². The zero-order chi connectivity index (χ0) is 15.0. The van der Waals surface area contributed by atoms with E-state index in [1.807, 2.05) is 51.4 Å². The van der Waals surface area contributed by atoms with Crippen molar-refractivity contribution in [2.75, 3.05) is 5.88 Å². The fourth-order valence-electron chi connectivity index (χ4n) is 2.25. The van der Waals surface area contributed by atoms with Crippen molar-refractivity contribution in [3.05, 3.63) is 55.2 Å². The minimum absolute atomic E-state index is 0.229. The Kier molecular flexibility index (Phi) is 4.70. The average molecular weight is 527 g/mol. The summed E-state index contributed by atoms with van der Waals surface area (Å²) in [5, 5.41) is 0. The van der Waals surface area contributed by atoms with Gasteiger partial charge in [0.2, 0.25) is 0 Å². The van der Waals surface area contributed by atoms with Crippen molar-refractivity contribution < 1.29 is 4.39 Å². The van der Waals surface area contributed by atoms with E-state index in [4.69, 9.17) is 11.6 Å². The molecule has 0 atom stereocenters. The highest BCUT2D eigenvalue weighted by Crippen LogP contribution is 2.26. The average Bonchev–Trinajstić information content (AvgIpc) is 2.78. The van der Waals surface area contributed by atoms with E-state index in [2.05, 4.69) is 27.6 Å². The summed E-state index contributed by atoms with van der Waals surface area (Å²) in [5.74, 6) is 1.10. The van der Waals surface area contributed by atoms with Crippen molar-refractivity contribution in [1.29, 1.82) is 0 Å². The molecule has 1 heterocycles. The molecule has 0 spiro atoms. The zero-order valence-corrected chi connectivity index (χ0v) is 15.9. The molecule has 0 aliphatic heterocycles. The second kappa shape index (κ2) is 6.37. The molecule has 3 aromatic rings. The molecule has 6 heteroatoms. The highest BCUT2D eigenvalue weighted by molar-refractivity contribution is 14.1. The molecule has 2 nitrogen and oxygen atoms in total. The van der Waals surface area contributed by atoms with Crippen molar-refractivity contribution in [2.24, 2.45) is 0 Å². The van der Waals surface area contributed by atoms with Gasteiger partial charge in [-0.1, -0.05) is 0 Å². The Bertz CT molecular complexity index is 800. The second-order valence-electron chi connectivity index (χ2n) is 4.53. The first-order chi connectivity index (χ1) is 10.1. The van der Waals surface area contributed by atoms with Crippen LogP contribution in [0.5, 0.6) is 0 Å². The predicted molar refractivity (Wildman–Crippen MR) is 101 cm³/mol. The van der Waals surface area contributed by atoms with Crippen LogP contribution in [-0.4, -0.2) is 15.4 Å². The van der Waals surface area contributed by atoms with E-state index in [0.29, 0.717) is 15.9 Å². The number of benzene rings is 2. The number of aryl methyl sites for hydroxylation is 1. The van der Waals surface area contributed by atoms with E-state index in [1.54, 1.807) is 12.1 Å². The van der Waals surface area contributed by atoms with Gasteiger partial charge in [0.25, 0.3) is 0 Å². The van der Waals surface area contributed by atoms with Crippen LogP contribution in [0.1, 0.15) is 5.82 Å². The van der Waals surface area contributed by atoms with E-state index < -0.39 is 0 Å². The third-order valence-corrected chi connectivity index (χ3v) is 4.90. The molecule has 0 aliphatic rings. The number of alkyl halides is 1. The second-order valence-corrected chi connectivity index (χ2v) is 7.32.